The van der Waals surface area contributed by atoms with Crippen LogP contribution in [-0.4, -0.2) is 41.7 Å². The Morgan fingerprint density at radius 3 is 1.82 bits per heavy atom. The molecule has 206 valence electrons. The number of esters is 5. The van der Waals surface area contributed by atoms with Gasteiger partial charge in [-0.1, -0.05) is 0 Å². The Balaban J connectivity index is 2.23. The normalized spacial score (nSPS) is 15.6. The van der Waals surface area contributed by atoms with Gasteiger partial charge < -0.3 is 28.4 Å². The van der Waals surface area contributed by atoms with E-state index in [1.54, 1.807) is 0 Å². The number of carbonyl (C=O) groups excluding carboxylic acids is 6. The highest BCUT2D eigenvalue weighted by Crippen LogP contribution is 2.45. The highest BCUT2D eigenvalue weighted by Gasteiger charge is 2.38. The molecule has 39 heavy (non-hydrogen) atoms. The largest absolute Gasteiger partial charge is 0.481 e. The molecule has 0 aromatic heterocycles. The lowest BCUT2D eigenvalue weighted by atomic mass is 9.92. The molecule has 0 unspecified atom stereocenters. The van der Waals surface area contributed by atoms with Gasteiger partial charge in [-0.3, -0.25) is 28.8 Å². The lowest BCUT2D eigenvalue weighted by Gasteiger charge is -2.34. The van der Waals surface area contributed by atoms with Crippen LogP contribution in [-0.2, 0) is 35.1 Å². The number of benzene rings is 2. The zero-order valence-electron chi connectivity index (χ0n) is 22.1. The third kappa shape index (κ3) is 7.18. The van der Waals surface area contributed by atoms with Gasteiger partial charge in [0.2, 0.25) is 0 Å². The zero-order valence-corrected chi connectivity index (χ0v) is 22.1. The Kier molecular flexibility index (Phi) is 8.69. The van der Waals surface area contributed by atoms with E-state index in [9.17, 15) is 28.8 Å². The van der Waals surface area contributed by atoms with Gasteiger partial charge in [-0.05, 0) is 19.1 Å². The fourth-order valence-corrected chi connectivity index (χ4v) is 4.02. The van der Waals surface area contributed by atoms with Crippen molar-refractivity contribution < 1.29 is 57.2 Å². The molecule has 12 nitrogen and oxygen atoms in total. The fourth-order valence-electron chi connectivity index (χ4n) is 4.02. The minimum absolute atomic E-state index is 0.00740. The number of Topliss-reactive ketones (excluding diaryl/α,β-unsaturated/α-hetero) is 1. The molecule has 0 radical (unpaired) electrons. The van der Waals surface area contributed by atoms with Crippen LogP contribution < -0.4 is 23.7 Å². The number of hydrogen-bond acceptors (Lipinski definition) is 12. The molecule has 1 heterocycles. The van der Waals surface area contributed by atoms with Gasteiger partial charge in [0.25, 0.3) is 0 Å². The first-order valence-corrected chi connectivity index (χ1v) is 11.7. The van der Waals surface area contributed by atoms with E-state index in [4.69, 9.17) is 28.4 Å². The molecule has 2 atom stereocenters. The van der Waals surface area contributed by atoms with Crippen LogP contribution in [0.25, 0.3) is 0 Å². The van der Waals surface area contributed by atoms with E-state index in [-0.39, 0.29) is 46.3 Å². The SMILES string of the molecule is CC(=O)Oc1cc(OC(C)=O)c2c(c1)O[C@H](c1cc(OC(C)=O)c(OC(C)=O)c(C(C)=O)c1)[C@@H](OC(C)=O)C2. The Hall–Kier alpha value is -4.74. The molecule has 0 saturated carbocycles. The quantitative estimate of drug-likeness (QED) is 0.286. The predicted molar refractivity (Wildman–Crippen MR) is 131 cm³/mol. The summed E-state index contributed by atoms with van der Waals surface area (Å²) in [6.07, 6.45) is -2.10. The van der Waals surface area contributed by atoms with Gasteiger partial charge in [0.05, 0.1) is 5.56 Å². The Morgan fingerprint density at radius 1 is 0.692 bits per heavy atom. The summed E-state index contributed by atoms with van der Waals surface area (Å²) in [5, 5.41) is 0. The van der Waals surface area contributed by atoms with Crippen molar-refractivity contribution in [1.29, 1.82) is 0 Å². The highest BCUT2D eigenvalue weighted by atomic mass is 16.6. The number of carbonyl (C=O) groups is 6. The summed E-state index contributed by atoms with van der Waals surface area (Å²) in [6, 6.07) is 5.41. The summed E-state index contributed by atoms with van der Waals surface area (Å²) >= 11 is 0. The van der Waals surface area contributed by atoms with Crippen molar-refractivity contribution >= 4 is 35.6 Å². The van der Waals surface area contributed by atoms with Crippen molar-refractivity contribution in [3.63, 3.8) is 0 Å². The lowest BCUT2D eigenvalue weighted by Crippen LogP contribution is -2.34. The van der Waals surface area contributed by atoms with Crippen molar-refractivity contribution in [1.82, 2.24) is 0 Å². The van der Waals surface area contributed by atoms with Gasteiger partial charge in [-0.2, -0.15) is 0 Å². The second kappa shape index (κ2) is 11.8. The van der Waals surface area contributed by atoms with E-state index < -0.39 is 47.8 Å². The van der Waals surface area contributed by atoms with Crippen LogP contribution >= 0.6 is 0 Å². The van der Waals surface area contributed by atoms with Crippen molar-refractivity contribution in [3.8, 4) is 28.7 Å². The first-order chi connectivity index (χ1) is 18.2. The maximum Gasteiger partial charge on any atom is 0.308 e. The van der Waals surface area contributed by atoms with E-state index in [1.807, 2.05) is 0 Å². The molecule has 0 bridgehead atoms. The average molecular weight is 542 g/mol. The summed E-state index contributed by atoms with van der Waals surface area (Å²) in [5.74, 6) is -4.25. The van der Waals surface area contributed by atoms with Crippen LogP contribution in [0.3, 0.4) is 0 Å². The molecule has 0 saturated heterocycles. The summed E-state index contributed by atoms with van der Waals surface area (Å²) in [5.41, 5.74) is 0.493. The van der Waals surface area contributed by atoms with Gasteiger partial charge in [0.1, 0.15) is 23.4 Å². The minimum atomic E-state index is -1.09. The van der Waals surface area contributed by atoms with E-state index in [0.29, 0.717) is 5.56 Å². The molecule has 0 aliphatic carbocycles. The maximum atomic E-state index is 12.5. The van der Waals surface area contributed by atoms with Crippen molar-refractivity contribution in [2.45, 2.75) is 60.2 Å². The molecule has 2 aromatic carbocycles. The number of ether oxygens (including phenoxy) is 6. The highest BCUT2D eigenvalue weighted by molar-refractivity contribution is 5.99. The number of ketones is 1. The van der Waals surface area contributed by atoms with Crippen LogP contribution in [0.1, 0.15) is 69.1 Å². The second-order valence-electron chi connectivity index (χ2n) is 8.62. The van der Waals surface area contributed by atoms with Crippen LogP contribution in [0.15, 0.2) is 24.3 Å². The molecule has 1 aliphatic heterocycles. The average Bonchev–Trinajstić information content (AvgIpc) is 2.78. The summed E-state index contributed by atoms with van der Waals surface area (Å²) in [6.45, 7) is 7.04. The first kappa shape index (κ1) is 28.8. The fraction of sp³-hybridized carbons (Fsp3) is 0.333. The monoisotopic (exact) mass is 542 g/mol. The van der Waals surface area contributed by atoms with Gasteiger partial charge >= 0.3 is 29.8 Å². The molecular formula is C27H26O12. The zero-order chi connectivity index (χ0) is 29.0. The predicted octanol–water partition coefficient (Wildman–Crippen LogP) is 3.20. The van der Waals surface area contributed by atoms with E-state index in [2.05, 4.69) is 0 Å². The van der Waals surface area contributed by atoms with E-state index in [0.717, 1.165) is 13.8 Å². The molecule has 2 aromatic rings. The minimum Gasteiger partial charge on any atom is -0.481 e. The van der Waals surface area contributed by atoms with Crippen LogP contribution in [0.4, 0.5) is 0 Å². The molecule has 1 aliphatic rings. The van der Waals surface area contributed by atoms with Gasteiger partial charge in [0.15, 0.2) is 23.4 Å². The van der Waals surface area contributed by atoms with Gasteiger partial charge in [-0.25, -0.2) is 0 Å². The van der Waals surface area contributed by atoms with E-state index in [1.165, 1.54) is 52.0 Å². The molecule has 0 spiro atoms. The molecular weight excluding hydrogens is 516 g/mol. The first-order valence-electron chi connectivity index (χ1n) is 11.7. The summed E-state index contributed by atoms with van der Waals surface area (Å²) < 4.78 is 32.5. The van der Waals surface area contributed by atoms with Crippen molar-refractivity contribution in [2.24, 2.45) is 0 Å². The number of fused-ring (bicyclic) bond motifs is 1. The Morgan fingerprint density at radius 2 is 1.28 bits per heavy atom. The molecule has 0 fully saturated rings. The number of hydrogen-bond donors (Lipinski definition) is 0. The Labute approximate surface area is 223 Å². The van der Waals surface area contributed by atoms with Crippen LogP contribution in [0.2, 0.25) is 0 Å². The standard InChI is InChI=1S/C27H26O12/c1-12(28)20-7-18(8-24(36-15(4)31)27(20)38-17(6)33)26-25(37-16(5)32)11-21-22(35-14(3)30)9-19(34-13(2)29)10-23(21)39-26/h7-10,25-26H,11H2,1-6H3/t25-,26+/m0/s1. The maximum absolute atomic E-state index is 12.5. The van der Waals surface area contributed by atoms with Gasteiger partial charge in [0, 0.05) is 64.3 Å². The second-order valence-corrected chi connectivity index (χ2v) is 8.62. The summed E-state index contributed by atoms with van der Waals surface area (Å²) in [7, 11) is 0. The Bertz CT molecular complexity index is 1370. The molecule has 12 heteroatoms. The van der Waals surface area contributed by atoms with Crippen molar-refractivity contribution in [3.05, 3.63) is 41.0 Å². The molecule has 0 N–H and O–H groups in total. The molecule has 0 amide bonds. The number of rotatable bonds is 7. The third-order valence-electron chi connectivity index (χ3n) is 5.26. The van der Waals surface area contributed by atoms with Gasteiger partial charge in [-0.15, -0.1) is 0 Å². The van der Waals surface area contributed by atoms with Crippen molar-refractivity contribution in [2.75, 3.05) is 0 Å². The summed E-state index contributed by atoms with van der Waals surface area (Å²) in [4.78, 5) is 71.4. The topological polar surface area (TPSA) is 158 Å². The van der Waals surface area contributed by atoms with Crippen LogP contribution in [0.5, 0.6) is 28.7 Å². The van der Waals surface area contributed by atoms with E-state index >= 15 is 0 Å². The smallest absolute Gasteiger partial charge is 0.308 e. The lowest BCUT2D eigenvalue weighted by molar-refractivity contribution is -0.152. The van der Waals surface area contributed by atoms with Crippen LogP contribution in [0, 0.1) is 0 Å². The molecule has 3 rings (SSSR count). The third-order valence-corrected chi connectivity index (χ3v) is 5.26.